The molecule has 0 amide bonds. The van der Waals surface area contributed by atoms with Crippen LogP contribution in [-0.4, -0.2) is 21.2 Å². The van der Waals surface area contributed by atoms with E-state index in [1.807, 2.05) is 42.7 Å². The highest BCUT2D eigenvalue weighted by molar-refractivity contribution is 8.03. The maximum atomic E-state index is 14.3. The molecule has 12 rings (SSSR count). The Balaban J connectivity index is 1.11. The van der Waals surface area contributed by atoms with Crippen molar-refractivity contribution >= 4 is 31.5 Å². The fourth-order valence-corrected chi connectivity index (χ4v) is 11.6. The molecule has 0 saturated heterocycles. The molecule has 306 valence electrons. The molecule has 5 heteroatoms. The molecule has 11 aromatic rings. The van der Waals surface area contributed by atoms with Crippen LogP contribution in [0.15, 0.2) is 234 Å². The van der Waals surface area contributed by atoms with Crippen LogP contribution in [0.25, 0.3) is 111 Å². The van der Waals surface area contributed by atoms with E-state index in [9.17, 15) is 4.21 Å². The molecule has 0 bridgehead atoms. The van der Waals surface area contributed by atoms with E-state index in [4.69, 9.17) is 15.0 Å². The minimum atomic E-state index is -2.39. The second-order valence-corrected chi connectivity index (χ2v) is 19.3. The Morgan fingerprint density at radius 1 is 0.292 bits per heavy atom. The van der Waals surface area contributed by atoms with E-state index >= 15 is 0 Å². The quantitative estimate of drug-likeness (QED) is 0.118. The average Bonchev–Trinajstić information content (AvgIpc) is 3.61. The van der Waals surface area contributed by atoms with Gasteiger partial charge in [-0.2, -0.15) is 0 Å². The Bertz CT molecular complexity index is 3700. The van der Waals surface area contributed by atoms with Crippen molar-refractivity contribution in [2.75, 3.05) is 6.26 Å². The maximum Gasteiger partial charge on any atom is 0.171 e. The summed E-state index contributed by atoms with van der Waals surface area (Å²) in [5.41, 5.74) is 13.3. The zero-order valence-electron chi connectivity index (χ0n) is 35.5. The molecule has 1 unspecified atom stereocenters. The lowest BCUT2D eigenvalue weighted by Crippen LogP contribution is -2.04. The third kappa shape index (κ3) is 6.76. The van der Waals surface area contributed by atoms with Crippen LogP contribution in [0.1, 0.15) is 0 Å². The van der Waals surface area contributed by atoms with Gasteiger partial charge in [-0.3, -0.25) is 0 Å². The number of hydrogen-bond acceptors (Lipinski definition) is 4. The van der Waals surface area contributed by atoms with E-state index in [2.05, 4.69) is 188 Å². The van der Waals surface area contributed by atoms with Crippen molar-refractivity contribution in [1.29, 1.82) is 0 Å². The molecular weight excluding hydrogens is 811 g/mol. The standard InChI is InChI=1S/C60H40N3OS/c1-65(64)56-27-15-14-25-52(56)55-37-43(32-33-57(55)65)45-34-46(54-38-44-20-8-9-22-49(44)50-23-11-12-24-51(50)54)36-47(35-45)59-61-58(42-30-28-40(29-31-42)39-16-4-2-5-17-39)62-60(63-59)53-26-13-10-21-48(53)41-18-6-3-7-19-41/h2-38H,1H3/q+1. The summed E-state index contributed by atoms with van der Waals surface area (Å²) in [7, 11) is -2.39. The van der Waals surface area contributed by atoms with Crippen LogP contribution in [-0.2, 0) is 14.1 Å². The summed E-state index contributed by atoms with van der Waals surface area (Å²) in [6, 6.07) is 78.4. The van der Waals surface area contributed by atoms with Gasteiger partial charge in [0.25, 0.3) is 0 Å². The summed E-state index contributed by atoms with van der Waals surface area (Å²) in [4.78, 5) is 17.7. The largest absolute Gasteiger partial charge is 0.208 e. The Morgan fingerprint density at radius 2 is 0.800 bits per heavy atom. The van der Waals surface area contributed by atoms with Gasteiger partial charge in [-0.1, -0.05) is 174 Å². The maximum absolute atomic E-state index is 14.3. The van der Waals surface area contributed by atoms with Gasteiger partial charge >= 0.3 is 0 Å². The lowest BCUT2D eigenvalue weighted by Gasteiger charge is -2.16. The third-order valence-corrected chi connectivity index (χ3v) is 15.1. The molecule has 1 aliphatic heterocycles. The molecule has 2 heterocycles. The van der Waals surface area contributed by atoms with Gasteiger partial charge in [-0.25, -0.2) is 15.0 Å². The van der Waals surface area contributed by atoms with Crippen LogP contribution in [0.3, 0.4) is 0 Å². The van der Waals surface area contributed by atoms with E-state index in [1.165, 1.54) is 16.2 Å². The average molecular weight is 851 g/mol. The van der Waals surface area contributed by atoms with Gasteiger partial charge in [0.15, 0.2) is 27.3 Å². The van der Waals surface area contributed by atoms with Gasteiger partial charge in [0.2, 0.25) is 0 Å². The van der Waals surface area contributed by atoms with Crippen molar-refractivity contribution in [3.05, 3.63) is 224 Å². The number of fused-ring (bicyclic) bond motifs is 6. The van der Waals surface area contributed by atoms with Crippen molar-refractivity contribution in [2.24, 2.45) is 0 Å². The number of rotatable bonds is 7. The summed E-state index contributed by atoms with van der Waals surface area (Å²) in [6.45, 7) is 0. The van der Waals surface area contributed by atoms with Crippen LogP contribution < -0.4 is 0 Å². The van der Waals surface area contributed by atoms with Crippen LogP contribution in [0.4, 0.5) is 0 Å². The van der Waals surface area contributed by atoms with Gasteiger partial charge in [0.1, 0.15) is 16.2 Å². The summed E-state index contributed by atoms with van der Waals surface area (Å²) < 4.78 is 14.3. The smallest absolute Gasteiger partial charge is 0.171 e. The van der Waals surface area contributed by atoms with Crippen molar-refractivity contribution in [3.63, 3.8) is 0 Å². The molecule has 1 aliphatic rings. The first-order valence-corrected chi connectivity index (χ1v) is 23.8. The Labute approximate surface area is 379 Å². The highest BCUT2D eigenvalue weighted by atomic mass is 32.2. The predicted molar refractivity (Wildman–Crippen MR) is 269 cm³/mol. The fraction of sp³-hybridized carbons (Fsp3) is 0.0167. The van der Waals surface area contributed by atoms with E-state index < -0.39 is 9.93 Å². The zero-order valence-corrected chi connectivity index (χ0v) is 36.3. The molecule has 0 spiro atoms. The molecule has 10 aromatic carbocycles. The second kappa shape index (κ2) is 15.6. The first kappa shape index (κ1) is 38.5. The number of benzene rings is 10. The van der Waals surface area contributed by atoms with Crippen molar-refractivity contribution in [1.82, 2.24) is 15.0 Å². The number of nitrogens with zero attached hydrogens (tertiary/aromatic N) is 3. The first-order valence-electron chi connectivity index (χ1n) is 21.8. The van der Waals surface area contributed by atoms with Gasteiger partial charge in [-0.05, 0) is 121 Å². The van der Waals surface area contributed by atoms with E-state index in [0.717, 1.165) is 87.5 Å². The molecule has 0 aliphatic carbocycles. The van der Waals surface area contributed by atoms with Gasteiger partial charge in [-0.15, -0.1) is 0 Å². The molecule has 0 radical (unpaired) electrons. The van der Waals surface area contributed by atoms with Crippen LogP contribution >= 0.6 is 0 Å². The van der Waals surface area contributed by atoms with Crippen LogP contribution in [0.2, 0.25) is 0 Å². The van der Waals surface area contributed by atoms with E-state index in [-0.39, 0.29) is 0 Å². The van der Waals surface area contributed by atoms with Crippen LogP contribution in [0, 0.1) is 0 Å². The topological polar surface area (TPSA) is 55.7 Å². The van der Waals surface area contributed by atoms with Gasteiger partial charge in [0.05, 0.1) is 0 Å². The first-order chi connectivity index (χ1) is 32.0. The molecule has 0 fully saturated rings. The highest BCUT2D eigenvalue weighted by Gasteiger charge is 2.41. The molecular formula is C60H40N3OS+. The lowest BCUT2D eigenvalue weighted by atomic mass is 9.90. The molecule has 1 atom stereocenters. The van der Waals surface area contributed by atoms with Crippen molar-refractivity contribution < 1.29 is 4.21 Å². The SMILES string of the molecule is C[S+]1(=O)c2ccccc2-c2cc(-c3cc(-c4nc(-c5ccc(-c6ccccc6)cc5)nc(-c5ccccc5-c5ccccc5)n4)cc(-c4cc5ccccc5c5ccccc45)c3)ccc21. The molecule has 4 nitrogen and oxygen atoms in total. The molecule has 65 heavy (non-hydrogen) atoms. The summed E-state index contributed by atoms with van der Waals surface area (Å²) in [5, 5.41) is 4.74. The predicted octanol–water partition coefficient (Wildman–Crippen LogP) is 15.4. The lowest BCUT2D eigenvalue weighted by molar-refractivity contribution is 0.589. The van der Waals surface area contributed by atoms with Crippen LogP contribution in [0.5, 0.6) is 0 Å². The van der Waals surface area contributed by atoms with Gasteiger partial charge in [0, 0.05) is 27.8 Å². The molecule has 1 aromatic heterocycles. The monoisotopic (exact) mass is 850 g/mol. The van der Waals surface area contributed by atoms with E-state index in [0.29, 0.717) is 17.5 Å². The minimum Gasteiger partial charge on any atom is -0.208 e. The normalized spacial score (nSPS) is 14.0. The highest BCUT2D eigenvalue weighted by Crippen LogP contribution is 2.48. The van der Waals surface area contributed by atoms with Crippen molar-refractivity contribution in [3.8, 4) is 89.8 Å². The number of hydrogen-bond donors (Lipinski definition) is 0. The number of aromatic nitrogens is 3. The fourth-order valence-electron chi connectivity index (χ4n) is 9.52. The zero-order chi connectivity index (χ0) is 43.5. The summed E-state index contributed by atoms with van der Waals surface area (Å²) in [6.07, 6.45) is 1.86. The molecule has 0 N–H and O–H groups in total. The Morgan fingerprint density at radius 3 is 1.57 bits per heavy atom. The Hall–Kier alpha value is -8.12. The van der Waals surface area contributed by atoms with Gasteiger partial charge < -0.3 is 0 Å². The summed E-state index contributed by atoms with van der Waals surface area (Å²) in [5.74, 6) is 1.74. The Kier molecular flexibility index (Phi) is 9.25. The van der Waals surface area contributed by atoms with E-state index in [1.54, 1.807) is 0 Å². The third-order valence-electron chi connectivity index (χ3n) is 12.7. The second-order valence-electron chi connectivity index (χ2n) is 16.7. The molecule has 0 saturated carbocycles. The minimum absolute atomic E-state index is 0.566. The summed E-state index contributed by atoms with van der Waals surface area (Å²) >= 11 is 0. The van der Waals surface area contributed by atoms with Crippen molar-refractivity contribution in [2.45, 2.75) is 9.79 Å².